The summed E-state index contributed by atoms with van der Waals surface area (Å²) in [4.78, 5) is 29.4. The Kier molecular flexibility index (Phi) is 6.89. The van der Waals surface area contributed by atoms with Crippen LogP contribution in [0.1, 0.15) is 45.2 Å². The minimum Gasteiger partial charge on any atom is -0.497 e. The van der Waals surface area contributed by atoms with Crippen LogP contribution in [0, 0.1) is 5.92 Å². The van der Waals surface area contributed by atoms with Crippen LogP contribution in [0.5, 0.6) is 11.5 Å². The first-order chi connectivity index (χ1) is 12.5. The number of rotatable bonds is 7. The standard InChI is InChI=1S/C20H30N2O4/c1-6-21(7-2)20(24)16-11-12-18(23)22(8-3)19(16)15-10-9-14(25-4)13-17(15)26-5/h9-10,13,16,19H,6-8,11-12H2,1-5H3/t16-,19+/m1/s1. The van der Waals surface area contributed by atoms with Gasteiger partial charge < -0.3 is 19.3 Å². The van der Waals surface area contributed by atoms with Crippen LogP contribution in [-0.2, 0) is 9.59 Å². The van der Waals surface area contributed by atoms with E-state index in [-0.39, 0.29) is 23.8 Å². The Morgan fingerprint density at radius 2 is 1.88 bits per heavy atom. The summed E-state index contributed by atoms with van der Waals surface area (Å²) in [5, 5.41) is 0. The monoisotopic (exact) mass is 362 g/mol. The number of nitrogens with zero attached hydrogens (tertiary/aromatic N) is 2. The number of hydrogen-bond donors (Lipinski definition) is 0. The van der Waals surface area contributed by atoms with Crippen molar-refractivity contribution in [1.29, 1.82) is 0 Å². The third kappa shape index (κ3) is 3.79. The van der Waals surface area contributed by atoms with Crippen LogP contribution in [0.15, 0.2) is 18.2 Å². The molecule has 0 spiro atoms. The predicted octanol–water partition coefficient (Wildman–Crippen LogP) is 2.87. The van der Waals surface area contributed by atoms with E-state index in [0.29, 0.717) is 44.0 Å². The topological polar surface area (TPSA) is 59.1 Å². The maximum atomic E-state index is 13.2. The molecule has 0 aliphatic carbocycles. The predicted molar refractivity (Wildman–Crippen MR) is 100 cm³/mol. The zero-order valence-corrected chi connectivity index (χ0v) is 16.4. The Hall–Kier alpha value is -2.24. The van der Waals surface area contributed by atoms with Crippen molar-refractivity contribution in [3.05, 3.63) is 23.8 Å². The molecule has 1 aliphatic heterocycles. The molecule has 2 amide bonds. The maximum absolute atomic E-state index is 13.2. The van der Waals surface area contributed by atoms with Gasteiger partial charge in [0.15, 0.2) is 0 Å². The summed E-state index contributed by atoms with van der Waals surface area (Å²) in [6, 6.07) is 5.24. The van der Waals surface area contributed by atoms with Crippen LogP contribution in [0.25, 0.3) is 0 Å². The van der Waals surface area contributed by atoms with Crippen molar-refractivity contribution in [3.63, 3.8) is 0 Å². The number of methoxy groups -OCH3 is 2. The van der Waals surface area contributed by atoms with Crippen molar-refractivity contribution in [1.82, 2.24) is 9.80 Å². The minimum absolute atomic E-state index is 0.0824. The quantitative estimate of drug-likeness (QED) is 0.748. The van der Waals surface area contributed by atoms with E-state index in [4.69, 9.17) is 9.47 Å². The number of hydrogen-bond acceptors (Lipinski definition) is 4. The Labute approximate surface area is 156 Å². The van der Waals surface area contributed by atoms with Gasteiger partial charge in [0.05, 0.1) is 26.2 Å². The fourth-order valence-corrected chi connectivity index (χ4v) is 3.80. The van der Waals surface area contributed by atoms with Gasteiger partial charge in [0, 0.05) is 37.7 Å². The summed E-state index contributed by atoms with van der Waals surface area (Å²) in [6.07, 6.45) is 0.963. The molecular weight excluding hydrogens is 332 g/mol. The second kappa shape index (κ2) is 8.92. The van der Waals surface area contributed by atoms with Gasteiger partial charge in [-0.15, -0.1) is 0 Å². The number of piperidine rings is 1. The molecule has 0 unspecified atom stereocenters. The van der Waals surface area contributed by atoms with Crippen molar-refractivity contribution in [2.24, 2.45) is 5.92 Å². The fraction of sp³-hybridized carbons (Fsp3) is 0.600. The highest BCUT2D eigenvalue weighted by Crippen LogP contribution is 2.42. The van der Waals surface area contributed by atoms with Crippen LogP contribution in [0.2, 0.25) is 0 Å². The van der Waals surface area contributed by atoms with Gasteiger partial charge in [-0.2, -0.15) is 0 Å². The molecule has 26 heavy (non-hydrogen) atoms. The molecule has 2 atom stereocenters. The molecule has 1 heterocycles. The second-order valence-corrected chi connectivity index (χ2v) is 6.39. The van der Waals surface area contributed by atoms with Crippen LogP contribution in [0.3, 0.4) is 0 Å². The van der Waals surface area contributed by atoms with E-state index < -0.39 is 0 Å². The van der Waals surface area contributed by atoms with Gasteiger partial charge in [0.1, 0.15) is 11.5 Å². The van der Waals surface area contributed by atoms with Crippen LogP contribution < -0.4 is 9.47 Å². The molecule has 6 nitrogen and oxygen atoms in total. The van der Waals surface area contributed by atoms with Gasteiger partial charge in [0.2, 0.25) is 11.8 Å². The zero-order chi connectivity index (χ0) is 19.3. The summed E-state index contributed by atoms with van der Waals surface area (Å²) in [5.41, 5.74) is 0.855. The van der Waals surface area contributed by atoms with Gasteiger partial charge in [-0.3, -0.25) is 9.59 Å². The Morgan fingerprint density at radius 1 is 1.19 bits per heavy atom. The van der Waals surface area contributed by atoms with Gasteiger partial charge in [0.25, 0.3) is 0 Å². The summed E-state index contributed by atoms with van der Waals surface area (Å²) >= 11 is 0. The number of benzene rings is 1. The third-order valence-electron chi connectivity index (χ3n) is 5.20. The van der Waals surface area contributed by atoms with Crippen LogP contribution >= 0.6 is 0 Å². The van der Waals surface area contributed by atoms with Crippen molar-refractivity contribution >= 4 is 11.8 Å². The summed E-state index contributed by atoms with van der Waals surface area (Å²) in [6.45, 7) is 7.80. The van der Waals surface area contributed by atoms with Crippen LogP contribution in [0.4, 0.5) is 0 Å². The number of ether oxygens (including phenoxy) is 2. The molecule has 1 fully saturated rings. The van der Waals surface area contributed by atoms with E-state index in [0.717, 1.165) is 5.56 Å². The largest absolute Gasteiger partial charge is 0.497 e. The molecule has 1 aliphatic rings. The van der Waals surface area contributed by atoms with E-state index in [1.807, 2.05) is 37.8 Å². The van der Waals surface area contributed by atoms with Gasteiger partial charge in [-0.05, 0) is 39.3 Å². The molecule has 144 valence electrons. The summed E-state index contributed by atoms with van der Waals surface area (Å²) < 4.78 is 10.9. The zero-order valence-electron chi connectivity index (χ0n) is 16.4. The normalized spacial score (nSPS) is 20.0. The summed E-state index contributed by atoms with van der Waals surface area (Å²) in [5.74, 6) is 1.24. The first-order valence-electron chi connectivity index (χ1n) is 9.32. The van der Waals surface area contributed by atoms with E-state index in [2.05, 4.69) is 0 Å². The molecule has 2 rings (SSSR count). The van der Waals surface area contributed by atoms with E-state index >= 15 is 0 Å². The van der Waals surface area contributed by atoms with Crippen molar-refractivity contribution in [2.75, 3.05) is 33.9 Å². The van der Waals surface area contributed by atoms with Gasteiger partial charge >= 0.3 is 0 Å². The van der Waals surface area contributed by atoms with Crippen LogP contribution in [-0.4, -0.2) is 55.5 Å². The third-order valence-corrected chi connectivity index (χ3v) is 5.20. The highest BCUT2D eigenvalue weighted by atomic mass is 16.5. The lowest BCUT2D eigenvalue weighted by molar-refractivity contribution is -0.147. The molecule has 1 aromatic rings. The minimum atomic E-state index is -0.324. The van der Waals surface area contributed by atoms with E-state index in [1.54, 1.807) is 25.2 Å². The van der Waals surface area contributed by atoms with E-state index in [9.17, 15) is 9.59 Å². The van der Waals surface area contributed by atoms with Crippen molar-refractivity contribution < 1.29 is 19.1 Å². The lowest BCUT2D eigenvalue weighted by Gasteiger charge is -2.42. The number of amides is 2. The lowest BCUT2D eigenvalue weighted by Crippen LogP contribution is -2.49. The lowest BCUT2D eigenvalue weighted by atomic mass is 9.82. The van der Waals surface area contributed by atoms with Crippen molar-refractivity contribution in [3.8, 4) is 11.5 Å². The van der Waals surface area contributed by atoms with Gasteiger partial charge in [-0.25, -0.2) is 0 Å². The molecule has 0 N–H and O–H groups in total. The van der Waals surface area contributed by atoms with E-state index in [1.165, 1.54) is 0 Å². The first-order valence-corrected chi connectivity index (χ1v) is 9.32. The highest BCUT2D eigenvalue weighted by Gasteiger charge is 2.42. The van der Waals surface area contributed by atoms with Crippen molar-refractivity contribution in [2.45, 2.75) is 39.7 Å². The SMILES string of the molecule is CCN(CC)C(=O)[C@@H]1CCC(=O)N(CC)[C@H]1c1ccc(OC)cc1OC. The first kappa shape index (κ1) is 20.1. The Morgan fingerprint density at radius 3 is 2.42 bits per heavy atom. The Bertz CT molecular complexity index is 643. The highest BCUT2D eigenvalue weighted by molar-refractivity contribution is 5.85. The molecule has 6 heteroatoms. The molecule has 0 radical (unpaired) electrons. The average molecular weight is 362 g/mol. The molecule has 0 bridgehead atoms. The molecule has 1 saturated heterocycles. The fourth-order valence-electron chi connectivity index (χ4n) is 3.80. The molecule has 0 saturated carbocycles. The molecule has 0 aromatic heterocycles. The molecule has 1 aromatic carbocycles. The summed E-state index contributed by atoms with van der Waals surface area (Å²) in [7, 11) is 3.20. The maximum Gasteiger partial charge on any atom is 0.228 e. The number of carbonyl (C=O) groups excluding carboxylic acids is 2. The number of likely N-dealkylation sites (tertiary alicyclic amines) is 1. The smallest absolute Gasteiger partial charge is 0.228 e. The number of carbonyl (C=O) groups is 2. The Balaban J connectivity index is 2.52. The second-order valence-electron chi connectivity index (χ2n) is 6.39. The average Bonchev–Trinajstić information content (AvgIpc) is 2.67. The van der Waals surface area contributed by atoms with Gasteiger partial charge in [-0.1, -0.05) is 0 Å². The molecular formula is C20H30N2O4.